The maximum atomic E-state index is 13.8. The molecule has 0 saturated carbocycles. The molecule has 0 aliphatic carbocycles. The molecule has 0 aliphatic rings. The van der Waals surface area contributed by atoms with E-state index in [0.717, 1.165) is 18.4 Å². The van der Waals surface area contributed by atoms with Crippen LogP contribution in [0.2, 0.25) is 0 Å². The molecule has 1 atom stereocenters. The van der Waals surface area contributed by atoms with E-state index in [1.54, 1.807) is 6.07 Å². The van der Waals surface area contributed by atoms with Gasteiger partial charge in [0.15, 0.2) is 0 Å². The van der Waals surface area contributed by atoms with E-state index in [-0.39, 0.29) is 5.56 Å². The summed E-state index contributed by atoms with van der Waals surface area (Å²) < 4.78 is 18.3. The average Bonchev–Trinajstić information content (AvgIpc) is 2.45. The van der Waals surface area contributed by atoms with Crippen LogP contribution in [0.4, 0.5) is 4.39 Å². The molecule has 1 aromatic carbocycles. The van der Waals surface area contributed by atoms with Gasteiger partial charge in [0.1, 0.15) is 5.82 Å². The third-order valence-corrected chi connectivity index (χ3v) is 3.82. The number of carbonyl (C=O) groups excluding carboxylic acids is 1. The zero-order valence-corrected chi connectivity index (χ0v) is 12.7. The molecule has 0 amide bonds. The summed E-state index contributed by atoms with van der Waals surface area (Å²) in [6.45, 7) is 7.10. The Morgan fingerprint density at radius 1 is 1.35 bits per heavy atom. The first-order chi connectivity index (χ1) is 9.53. The molecule has 3 nitrogen and oxygen atoms in total. The number of rotatable bonds is 7. The summed E-state index contributed by atoms with van der Waals surface area (Å²) in [6.07, 6.45) is 2.25. The molecule has 0 saturated heterocycles. The highest BCUT2D eigenvalue weighted by molar-refractivity contribution is 5.89. The maximum Gasteiger partial charge on any atom is 0.340 e. The van der Waals surface area contributed by atoms with Crippen molar-refractivity contribution in [2.24, 2.45) is 5.92 Å². The SMILES string of the molecule is CCC(CC)C(C)NCc1ccc(C(=O)OC)c(F)c1. The Balaban J connectivity index is 2.66. The molecule has 20 heavy (non-hydrogen) atoms. The van der Waals surface area contributed by atoms with Crippen molar-refractivity contribution in [3.05, 3.63) is 35.1 Å². The molecular formula is C16H24FNO2. The largest absolute Gasteiger partial charge is 0.465 e. The van der Waals surface area contributed by atoms with Crippen molar-refractivity contribution in [1.29, 1.82) is 0 Å². The summed E-state index contributed by atoms with van der Waals surface area (Å²) in [5.74, 6) is -0.562. The van der Waals surface area contributed by atoms with Crippen molar-refractivity contribution < 1.29 is 13.9 Å². The Hall–Kier alpha value is -1.42. The standard InChI is InChI=1S/C16H24FNO2/c1-5-13(6-2)11(3)18-10-12-7-8-14(15(17)9-12)16(19)20-4/h7-9,11,13,18H,5-6,10H2,1-4H3. The van der Waals surface area contributed by atoms with Gasteiger partial charge in [0.2, 0.25) is 0 Å². The van der Waals surface area contributed by atoms with Crippen LogP contribution in [-0.4, -0.2) is 19.1 Å². The van der Waals surface area contributed by atoms with Crippen molar-refractivity contribution in [3.8, 4) is 0 Å². The van der Waals surface area contributed by atoms with E-state index >= 15 is 0 Å². The Kier molecular flexibility index (Phi) is 6.65. The first-order valence-corrected chi connectivity index (χ1v) is 7.13. The van der Waals surface area contributed by atoms with Crippen LogP contribution in [0, 0.1) is 11.7 Å². The number of nitrogens with one attached hydrogen (secondary N) is 1. The first kappa shape index (κ1) is 16.6. The zero-order valence-electron chi connectivity index (χ0n) is 12.7. The third-order valence-electron chi connectivity index (χ3n) is 3.82. The van der Waals surface area contributed by atoms with Crippen LogP contribution in [0.25, 0.3) is 0 Å². The summed E-state index contributed by atoms with van der Waals surface area (Å²) in [7, 11) is 1.24. The van der Waals surface area contributed by atoms with Crippen LogP contribution in [-0.2, 0) is 11.3 Å². The summed E-state index contributed by atoms with van der Waals surface area (Å²) in [4.78, 5) is 11.3. The number of halogens is 1. The highest BCUT2D eigenvalue weighted by Gasteiger charge is 2.14. The molecule has 0 heterocycles. The number of benzene rings is 1. The van der Waals surface area contributed by atoms with E-state index < -0.39 is 11.8 Å². The topological polar surface area (TPSA) is 38.3 Å². The highest BCUT2D eigenvalue weighted by Crippen LogP contribution is 2.15. The molecule has 0 bridgehead atoms. The van der Waals surface area contributed by atoms with E-state index in [4.69, 9.17) is 0 Å². The van der Waals surface area contributed by atoms with Gasteiger partial charge in [-0.15, -0.1) is 0 Å². The number of methoxy groups -OCH3 is 1. The Morgan fingerprint density at radius 2 is 2.00 bits per heavy atom. The van der Waals surface area contributed by atoms with Gasteiger partial charge in [0.25, 0.3) is 0 Å². The van der Waals surface area contributed by atoms with Gasteiger partial charge < -0.3 is 10.1 Å². The van der Waals surface area contributed by atoms with E-state index in [9.17, 15) is 9.18 Å². The highest BCUT2D eigenvalue weighted by atomic mass is 19.1. The zero-order chi connectivity index (χ0) is 15.1. The second kappa shape index (κ2) is 8.00. The fourth-order valence-electron chi connectivity index (χ4n) is 2.39. The van der Waals surface area contributed by atoms with E-state index in [2.05, 4.69) is 30.8 Å². The number of ether oxygens (including phenoxy) is 1. The monoisotopic (exact) mass is 281 g/mol. The minimum Gasteiger partial charge on any atom is -0.465 e. The average molecular weight is 281 g/mol. The Bertz CT molecular complexity index is 444. The van der Waals surface area contributed by atoms with Crippen LogP contribution < -0.4 is 5.32 Å². The second-order valence-electron chi connectivity index (χ2n) is 5.05. The fraction of sp³-hybridized carbons (Fsp3) is 0.562. The Labute approximate surface area is 120 Å². The lowest BCUT2D eigenvalue weighted by Crippen LogP contribution is -2.32. The fourth-order valence-corrected chi connectivity index (χ4v) is 2.39. The predicted molar refractivity (Wildman–Crippen MR) is 78.1 cm³/mol. The van der Waals surface area contributed by atoms with Crippen molar-refractivity contribution in [2.75, 3.05) is 7.11 Å². The van der Waals surface area contributed by atoms with Gasteiger partial charge in [-0.05, 0) is 30.5 Å². The molecule has 1 N–H and O–H groups in total. The summed E-state index contributed by atoms with van der Waals surface area (Å²) >= 11 is 0. The lowest BCUT2D eigenvalue weighted by Gasteiger charge is -2.22. The molecule has 0 fully saturated rings. The summed E-state index contributed by atoms with van der Waals surface area (Å²) in [5, 5.41) is 3.41. The molecular weight excluding hydrogens is 257 g/mol. The van der Waals surface area contributed by atoms with Gasteiger partial charge in [-0.3, -0.25) is 0 Å². The van der Waals surface area contributed by atoms with Gasteiger partial charge in [-0.2, -0.15) is 0 Å². The quantitative estimate of drug-likeness (QED) is 0.777. The third kappa shape index (κ3) is 4.30. The maximum absolute atomic E-state index is 13.8. The summed E-state index contributed by atoms with van der Waals surface area (Å²) in [5.41, 5.74) is 0.803. The van der Waals surface area contributed by atoms with E-state index in [1.165, 1.54) is 19.2 Å². The van der Waals surface area contributed by atoms with Crippen LogP contribution >= 0.6 is 0 Å². The number of hydrogen-bond donors (Lipinski definition) is 1. The molecule has 0 aliphatic heterocycles. The molecule has 4 heteroatoms. The molecule has 112 valence electrons. The molecule has 0 aromatic heterocycles. The van der Waals surface area contributed by atoms with Gasteiger partial charge in [-0.25, -0.2) is 9.18 Å². The van der Waals surface area contributed by atoms with Gasteiger partial charge in [-0.1, -0.05) is 32.8 Å². The minimum absolute atomic E-state index is 0.0238. The number of esters is 1. The summed E-state index contributed by atoms with van der Waals surface area (Å²) in [6, 6.07) is 4.99. The molecule has 1 unspecified atom stereocenters. The van der Waals surface area contributed by atoms with Crippen molar-refractivity contribution in [2.45, 2.75) is 46.2 Å². The van der Waals surface area contributed by atoms with Crippen molar-refractivity contribution in [3.63, 3.8) is 0 Å². The van der Waals surface area contributed by atoms with Crippen LogP contribution in [0.15, 0.2) is 18.2 Å². The van der Waals surface area contributed by atoms with E-state index in [0.29, 0.717) is 18.5 Å². The molecule has 1 aromatic rings. The second-order valence-corrected chi connectivity index (χ2v) is 5.05. The van der Waals surface area contributed by atoms with Crippen LogP contribution in [0.5, 0.6) is 0 Å². The molecule has 1 rings (SSSR count). The van der Waals surface area contributed by atoms with Crippen LogP contribution in [0.3, 0.4) is 0 Å². The number of carbonyl (C=O) groups is 1. The lowest BCUT2D eigenvalue weighted by atomic mass is 9.95. The Morgan fingerprint density at radius 3 is 2.50 bits per heavy atom. The smallest absolute Gasteiger partial charge is 0.340 e. The van der Waals surface area contributed by atoms with Crippen LogP contribution in [0.1, 0.15) is 49.5 Å². The van der Waals surface area contributed by atoms with Gasteiger partial charge in [0, 0.05) is 12.6 Å². The number of hydrogen-bond acceptors (Lipinski definition) is 3. The van der Waals surface area contributed by atoms with Gasteiger partial charge in [0.05, 0.1) is 12.7 Å². The molecule has 0 radical (unpaired) electrons. The molecule has 0 spiro atoms. The van der Waals surface area contributed by atoms with Crippen molar-refractivity contribution in [1.82, 2.24) is 5.32 Å². The van der Waals surface area contributed by atoms with Gasteiger partial charge >= 0.3 is 5.97 Å². The predicted octanol–water partition coefficient (Wildman–Crippen LogP) is 3.53. The normalized spacial score (nSPS) is 12.5. The first-order valence-electron chi connectivity index (χ1n) is 7.13. The minimum atomic E-state index is -0.646. The van der Waals surface area contributed by atoms with Crippen molar-refractivity contribution >= 4 is 5.97 Å². The van der Waals surface area contributed by atoms with E-state index in [1.807, 2.05) is 0 Å². The lowest BCUT2D eigenvalue weighted by molar-refractivity contribution is 0.0595.